The van der Waals surface area contributed by atoms with Crippen molar-refractivity contribution in [1.82, 2.24) is 4.72 Å². The zero-order valence-corrected chi connectivity index (χ0v) is 17.6. The molecule has 0 aromatic rings. The Morgan fingerprint density at radius 3 is 1.62 bits per heavy atom. The molecule has 0 bridgehead atoms. The van der Waals surface area contributed by atoms with Crippen molar-refractivity contribution in [2.45, 2.75) is 48.7 Å². The molecule has 0 amide bonds. The van der Waals surface area contributed by atoms with Crippen LogP contribution >= 0.6 is 0 Å². The van der Waals surface area contributed by atoms with Crippen molar-refractivity contribution < 1.29 is 75.5 Å². The Balaban J connectivity index is 0. The molecule has 0 saturated carbocycles. The number of aldehydes is 2. The smallest absolute Gasteiger partial charge is 0.394 e. The molecule has 0 aliphatic carbocycles. The Morgan fingerprint density at radius 1 is 0.812 bits per heavy atom. The summed E-state index contributed by atoms with van der Waals surface area (Å²) >= 11 is 0. The molecule has 0 rings (SSSR count). The number of rotatable bonds is 14. The highest BCUT2D eigenvalue weighted by Crippen LogP contribution is 2.05. The fraction of sp³-hybridized carbons (Fsp3) is 0.833. The summed E-state index contributed by atoms with van der Waals surface area (Å²) in [4.78, 5) is 20.5. The van der Waals surface area contributed by atoms with Crippen LogP contribution in [0.3, 0.4) is 0 Å². The number of hydrogen-bond acceptors (Lipinski definition) is 15. The minimum Gasteiger partial charge on any atom is -0.394 e. The van der Waals surface area contributed by atoms with Gasteiger partial charge in [-0.25, -0.2) is 4.18 Å². The van der Waals surface area contributed by atoms with E-state index in [2.05, 4.69) is 4.18 Å². The largest absolute Gasteiger partial charge is 0.397 e. The van der Waals surface area contributed by atoms with Crippen LogP contribution in [-0.2, 0) is 34.5 Å². The van der Waals surface area contributed by atoms with Gasteiger partial charge in [-0.2, -0.15) is 21.6 Å². The Bertz CT molecular complexity index is 761. The maximum Gasteiger partial charge on any atom is 0.397 e. The lowest BCUT2D eigenvalue weighted by Crippen LogP contribution is -2.53. The Morgan fingerprint density at radius 2 is 1.28 bits per heavy atom. The summed E-state index contributed by atoms with van der Waals surface area (Å²) < 4.78 is 62.5. The molecule has 12 N–H and O–H groups in total. The first-order valence-corrected chi connectivity index (χ1v) is 10.9. The molecule has 0 unspecified atom stereocenters. The molecule has 0 saturated heterocycles. The van der Waals surface area contributed by atoms with Gasteiger partial charge in [0.2, 0.25) is 0 Å². The van der Waals surface area contributed by atoms with E-state index in [1.165, 1.54) is 4.72 Å². The molecule has 192 valence electrons. The average Bonchev–Trinajstić information content (AvgIpc) is 2.71. The molecule has 18 nitrogen and oxygen atoms in total. The number of carbonyl (C=O) groups is 2. The van der Waals surface area contributed by atoms with Gasteiger partial charge in [0.05, 0.1) is 19.3 Å². The van der Waals surface area contributed by atoms with Crippen LogP contribution in [-0.4, -0.2) is 136 Å². The summed E-state index contributed by atoms with van der Waals surface area (Å²) in [6.07, 6.45) is -11.1. The maximum absolute atomic E-state index is 10.4. The van der Waals surface area contributed by atoms with Crippen molar-refractivity contribution in [2.24, 2.45) is 5.73 Å². The minimum absolute atomic E-state index is 0.0776. The van der Waals surface area contributed by atoms with Crippen molar-refractivity contribution >= 4 is 33.3 Å². The van der Waals surface area contributed by atoms with Crippen LogP contribution < -0.4 is 10.5 Å². The van der Waals surface area contributed by atoms with E-state index in [1.54, 1.807) is 0 Å². The van der Waals surface area contributed by atoms with Crippen molar-refractivity contribution in [2.75, 3.05) is 13.2 Å². The highest BCUT2D eigenvalue weighted by Gasteiger charge is 2.33. The van der Waals surface area contributed by atoms with Crippen molar-refractivity contribution in [3.05, 3.63) is 0 Å². The third-order valence-electron chi connectivity index (χ3n) is 3.41. The van der Waals surface area contributed by atoms with Crippen molar-refractivity contribution in [3.8, 4) is 0 Å². The first kappa shape index (κ1) is 32.9. The number of nitrogens with two attached hydrogens (primary N) is 1. The van der Waals surface area contributed by atoms with Crippen LogP contribution in [0.4, 0.5) is 0 Å². The average molecular weight is 518 g/mol. The summed E-state index contributed by atoms with van der Waals surface area (Å²) in [6, 6.07) is -3.28. The molecule has 0 aliphatic rings. The van der Waals surface area contributed by atoms with Crippen LogP contribution in [0.2, 0.25) is 0 Å². The molecular weight excluding hydrogens is 492 g/mol. The molecule has 0 aromatic carbocycles. The lowest BCUT2D eigenvalue weighted by molar-refractivity contribution is -0.119. The number of hydrogen-bond donors (Lipinski definition) is 11. The summed E-state index contributed by atoms with van der Waals surface area (Å²) in [5.74, 6) is 0. The number of aliphatic hydroxyl groups excluding tert-OH is 7. The molecule has 32 heavy (non-hydrogen) atoms. The SMILES string of the molecule is N[C@@H](C=O)[C@@H](O)[C@H](O)[C@H](O)COS(=O)(=O)O.O=C[C@H](NS(=O)(=O)O)[C@@H](O)[C@H](O)[C@H](O)CO. The van der Waals surface area contributed by atoms with Gasteiger partial charge in [0.1, 0.15) is 55.2 Å². The maximum atomic E-state index is 10.4. The van der Waals surface area contributed by atoms with E-state index in [4.69, 9.17) is 40.4 Å². The predicted molar refractivity (Wildman–Crippen MR) is 99.2 cm³/mol. The lowest BCUT2D eigenvalue weighted by Gasteiger charge is -2.25. The highest BCUT2D eigenvalue weighted by atomic mass is 32.3. The van der Waals surface area contributed by atoms with Gasteiger partial charge < -0.3 is 51.1 Å². The monoisotopic (exact) mass is 518 g/mol. The van der Waals surface area contributed by atoms with Gasteiger partial charge in [0.25, 0.3) is 0 Å². The van der Waals surface area contributed by atoms with Crippen molar-refractivity contribution in [3.63, 3.8) is 0 Å². The molecule has 0 spiro atoms. The third kappa shape index (κ3) is 14.0. The molecule has 0 radical (unpaired) electrons. The fourth-order valence-corrected chi connectivity index (χ4v) is 2.54. The minimum atomic E-state index is -4.76. The first-order valence-electron chi connectivity index (χ1n) is 8.13. The molecule has 20 heteroatoms. The number of nitrogens with one attached hydrogen (secondary N) is 1. The van der Waals surface area contributed by atoms with Gasteiger partial charge in [-0.15, -0.1) is 0 Å². The van der Waals surface area contributed by atoms with Crippen LogP contribution in [0.25, 0.3) is 0 Å². The topological polar surface area (TPSA) is 332 Å². The second-order valence-corrected chi connectivity index (χ2v) is 8.24. The van der Waals surface area contributed by atoms with Gasteiger partial charge in [-0.3, -0.25) is 9.11 Å². The van der Waals surface area contributed by atoms with Crippen LogP contribution in [0, 0.1) is 0 Å². The summed E-state index contributed by atoms with van der Waals surface area (Å²) in [6.45, 7) is -1.88. The van der Waals surface area contributed by atoms with Crippen LogP contribution in [0.5, 0.6) is 0 Å². The predicted octanol–water partition coefficient (Wildman–Crippen LogP) is -7.56. The van der Waals surface area contributed by atoms with E-state index < -0.39 is 82.6 Å². The van der Waals surface area contributed by atoms with Gasteiger partial charge in [-0.1, -0.05) is 0 Å². The van der Waals surface area contributed by atoms with E-state index in [-0.39, 0.29) is 12.6 Å². The Kier molecular flexibility index (Phi) is 15.2. The summed E-state index contributed by atoms with van der Waals surface area (Å²) in [7, 11) is -9.50. The third-order valence-corrected chi connectivity index (χ3v) is 4.42. The zero-order valence-electron chi connectivity index (χ0n) is 16.0. The van der Waals surface area contributed by atoms with Gasteiger partial charge >= 0.3 is 20.7 Å². The number of carbonyl (C=O) groups excluding carboxylic acids is 2. The second kappa shape index (κ2) is 14.8. The van der Waals surface area contributed by atoms with E-state index in [0.717, 1.165) is 0 Å². The molecule has 8 atom stereocenters. The van der Waals surface area contributed by atoms with Gasteiger partial charge in [0, 0.05) is 0 Å². The highest BCUT2D eigenvalue weighted by molar-refractivity contribution is 7.83. The normalized spacial score (nSPS) is 19.8. The van der Waals surface area contributed by atoms with E-state index in [9.17, 15) is 36.6 Å². The molecule has 0 fully saturated rings. The lowest BCUT2D eigenvalue weighted by atomic mass is 10.0. The van der Waals surface area contributed by atoms with E-state index in [1.807, 2.05) is 0 Å². The van der Waals surface area contributed by atoms with Crippen LogP contribution in [0.15, 0.2) is 0 Å². The molecule has 0 aliphatic heterocycles. The first-order chi connectivity index (χ1) is 14.4. The molecule has 0 aromatic heterocycles. The zero-order chi connectivity index (χ0) is 25.9. The quantitative estimate of drug-likeness (QED) is 0.0750. The van der Waals surface area contributed by atoms with E-state index in [0.29, 0.717) is 0 Å². The van der Waals surface area contributed by atoms with Crippen molar-refractivity contribution in [1.29, 1.82) is 0 Å². The summed E-state index contributed by atoms with van der Waals surface area (Å²) in [5.41, 5.74) is 5.04. The Labute approximate surface area is 181 Å². The van der Waals surface area contributed by atoms with Gasteiger partial charge in [0.15, 0.2) is 0 Å². The Hall–Kier alpha value is -1.24. The van der Waals surface area contributed by atoms with Gasteiger partial charge in [-0.05, 0) is 0 Å². The fourth-order valence-electron chi connectivity index (χ4n) is 1.69. The standard InChI is InChI=1S/2C6H13NO8S/c7-3(1-8)5(10)6(11)4(9)2-15-16(12,13)14;8-1-3(7-16(13,14)15)5(11)6(12)4(10)2-9/h1,3-6,9-11H,2,7H2,(H,12,13,14);1,3-7,9-12H,2H2,(H,13,14,15)/t2*3-,4+,5+,6+/m00/s1. The molecular formula is C12H26N2O16S2. The number of aliphatic hydroxyl groups is 7. The summed E-state index contributed by atoms with van der Waals surface area (Å²) in [5, 5.41) is 63.2. The van der Waals surface area contributed by atoms with E-state index >= 15 is 0 Å². The second-order valence-electron chi connectivity index (χ2n) is 5.96. The molecule has 0 heterocycles. The van der Waals surface area contributed by atoms with Crippen LogP contribution in [0.1, 0.15) is 0 Å².